The van der Waals surface area contributed by atoms with Crippen LogP contribution in [0.15, 0.2) is 34.2 Å². The molecule has 2 aromatic rings. The summed E-state index contributed by atoms with van der Waals surface area (Å²) in [4.78, 5) is 9.53. The summed E-state index contributed by atoms with van der Waals surface area (Å²) >= 11 is 0. The molecular weight excluding hydrogens is 487 g/mol. The number of carboxylic acid groups (broad SMARTS) is 1. The number of hydrogen-bond donors (Lipinski definition) is 1. The van der Waals surface area contributed by atoms with Crippen LogP contribution in [0, 0.1) is 0 Å². The van der Waals surface area contributed by atoms with E-state index in [0.29, 0.717) is 42.7 Å². The fourth-order valence-electron chi connectivity index (χ4n) is 3.80. The summed E-state index contributed by atoms with van der Waals surface area (Å²) in [6.45, 7) is 0.832. The van der Waals surface area contributed by atoms with Crippen molar-refractivity contribution >= 4 is 25.8 Å². The second-order valence-corrected chi connectivity index (χ2v) is 11.9. The maximum absolute atomic E-state index is 13.4. The molecule has 1 N–H and O–H groups in total. The molecule has 182 valence electrons. The molecule has 1 heterocycles. The lowest BCUT2D eigenvalue weighted by Crippen LogP contribution is -2.34. The summed E-state index contributed by atoms with van der Waals surface area (Å²) in [5, 5.41) is 13.1. The molecule has 33 heavy (non-hydrogen) atoms. The Bertz CT molecular complexity index is 1290. The molecule has 0 amide bonds. The van der Waals surface area contributed by atoms with Gasteiger partial charge in [-0.05, 0) is 37.5 Å². The molecule has 0 saturated heterocycles. The summed E-state index contributed by atoms with van der Waals surface area (Å²) in [7, 11) is -7.48. The fourth-order valence-corrected chi connectivity index (χ4v) is 6.26. The largest absolute Gasteiger partial charge is 0.480 e. The van der Waals surface area contributed by atoms with Gasteiger partial charge in [0.25, 0.3) is 0 Å². The van der Waals surface area contributed by atoms with Crippen molar-refractivity contribution < 1.29 is 39.9 Å². The number of hydrogen-bond acceptors (Lipinski definition) is 6. The normalized spacial score (nSPS) is 17.2. The fraction of sp³-hybridized carbons (Fsp3) is 0.474. The first-order chi connectivity index (χ1) is 15.2. The average molecular weight is 510 g/mol. The van der Waals surface area contributed by atoms with Gasteiger partial charge in [-0.15, -0.1) is 0 Å². The number of sulfonamides is 1. The maximum atomic E-state index is 13.4. The number of aliphatic carboxylic acids is 1. The zero-order chi connectivity index (χ0) is 24.8. The van der Waals surface area contributed by atoms with E-state index >= 15 is 0 Å². The van der Waals surface area contributed by atoms with Gasteiger partial charge in [0.2, 0.25) is 10.0 Å². The number of sulfone groups is 1. The number of benzene rings is 1. The van der Waals surface area contributed by atoms with Crippen molar-refractivity contribution in [1.29, 1.82) is 0 Å². The standard InChI is InChI=1S/C19H22F3N3O6S2/c1-3-32(28,29)13-7-12(19(20,21)22)8-14(9-13)33(30,31)24(2)16-5-4-6-17-15(16)10-23-25(17)11-18(26)27/h7-10,16H,3-6,11H2,1-2H3,(H,26,27). The van der Waals surface area contributed by atoms with Crippen LogP contribution in [-0.2, 0) is 43.8 Å². The molecule has 1 unspecified atom stereocenters. The number of fused-ring (bicyclic) bond motifs is 1. The van der Waals surface area contributed by atoms with E-state index in [9.17, 15) is 34.8 Å². The Balaban J connectivity index is 2.09. The second-order valence-electron chi connectivity index (χ2n) is 7.62. The highest BCUT2D eigenvalue weighted by molar-refractivity contribution is 7.91. The first kappa shape index (κ1) is 25.2. The van der Waals surface area contributed by atoms with Crippen LogP contribution in [0.4, 0.5) is 13.2 Å². The monoisotopic (exact) mass is 509 g/mol. The predicted octanol–water partition coefficient (Wildman–Crippen LogP) is 2.48. The van der Waals surface area contributed by atoms with Gasteiger partial charge in [-0.3, -0.25) is 9.48 Å². The van der Waals surface area contributed by atoms with E-state index in [4.69, 9.17) is 5.11 Å². The van der Waals surface area contributed by atoms with Gasteiger partial charge in [0.15, 0.2) is 9.84 Å². The van der Waals surface area contributed by atoms with Crippen LogP contribution in [0.2, 0.25) is 0 Å². The van der Waals surface area contributed by atoms with E-state index in [1.165, 1.54) is 24.9 Å². The molecule has 0 radical (unpaired) electrons. The summed E-state index contributed by atoms with van der Waals surface area (Å²) in [6.07, 6.45) is -2.30. The van der Waals surface area contributed by atoms with E-state index in [1.807, 2.05) is 0 Å². The Hall–Kier alpha value is -2.45. The molecule has 1 atom stereocenters. The molecule has 0 fully saturated rings. The molecule has 0 spiro atoms. The third-order valence-corrected chi connectivity index (χ3v) is 9.14. The minimum atomic E-state index is -4.96. The van der Waals surface area contributed by atoms with Crippen LogP contribution in [0.25, 0.3) is 0 Å². The molecule has 9 nitrogen and oxygen atoms in total. The van der Waals surface area contributed by atoms with Crippen molar-refractivity contribution in [3.05, 3.63) is 41.2 Å². The van der Waals surface area contributed by atoms with Gasteiger partial charge in [-0.25, -0.2) is 16.8 Å². The Morgan fingerprint density at radius 2 is 1.85 bits per heavy atom. The number of rotatable bonds is 7. The van der Waals surface area contributed by atoms with Crippen LogP contribution in [-0.4, -0.2) is 54.8 Å². The zero-order valence-corrected chi connectivity index (χ0v) is 19.3. The molecular formula is C19H22F3N3O6S2. The summed E-state index contributed by atoms with van der Waals surface area (Å²) in [5.41, 5.74) is -0.390. The van der Waals surface area contributed by atoms with Gasteiger partial charge in [0.1, 0.15) is 6.54 Å². The number of carboxylic acids is 1. The number of alkyl halides is 3. The molecule has 0 aliphatic heterocycles. The lowest BCUT2D eigenvalue weighted by atomic mass is 9.93. The second kappa shape index (κ2) is 8.72. The molecule has 1 aliphatic carbocycles. The van der Waals surface area contributed by atoms with Crippen molar-refractivity contribution in [1.82, 2.24) is 14.1 Å². The number of carbonyl (C=O) groups is 1. The minimum absolute atomic E-state index is 0.334. The quantitative estimate of drug-likeness (QED) is 0.608. The third kappa shape index (κ3) is 4.92. The lowest BCUT2D eigenvalue weighted by Gasteiger charge is -2.31. The number of nitrogens with zero attached hydrogens (tertiary/aromatic N) is 3. The van der Waals surface area contributed by atoms with Crippen LogP contribution in [0.5, 0.6) is 0 Å². The molecule has 1 aromatic carbocycles. The Kier molecular flexibility index (Phi) is 6.65. The molecule has 0 bridgehead atoms. The van der Waals surface area contributed by atoms with Gasteiger partial charge in [0, 0.05) is 18.3 Å². The summed E-state index contributed by atoms with van der Waals surface area (Å²) < 4.78 is 93.5. The molecule has 14 heteroatoms. The Morgan fingerprint density at radius 1 is 1.21 bits per heavy atom. The van der Waals surface area contributed by atoms with E-state index in [1.54, 1.807) is 0 Å². The minimum Gasteiger partial charge on any atom is -0.480 e. The third-order valence-electron chi connectivity index (χ3n) is 5.58. The predicted molar refractivity (Wildman–Crippen MR) is 110 cm³/mol. The van der Waals surface area contributed by atoms with Crippen LogP contribution < -0.4 is 0 Å². The number of aromatic nitrogens is 2. The highest BCUT2D eigenvalue weighted by Crippen LogP contribution is 2.38. The van der Waals surface area contributed by atoms with Gasteiger partial charge < -0.3 is 5.11 Å². The van der Waals surface area contributed by atoms with Gasteiger partial charge in [0.05, 0.1) is 33.3 Å². The van der Waals surface area contributed by atoms with Crippen molar-refractivity contribution in [2.24, 2.45) is 0 Å². The van der Waals surface area contributed by atoms with Gasteiger partial charge >= 0.3 is 12.1 Å². The van der Waals surface area contributed by atoms with Gasteiger partial charge in [-0.1, -0.05) is 6.92 Å². The zero-order valence-electron chi connectivity index (χ0n) is 17.7. The lowest BCUT2D eigenvalue weighted by molar-refractivity contribution is -0.138. The van der Waals surface area contributed by atoms with Crippen molar-refractivity contribution in [2.45, 2.75) is 54.7 Å². The van der Waals surface area contributed by atoms with E-state index < -0.39 is 65.7 Å². The molecule has 1 aromatic heterocycles. The summed E-state index contributed by atoms with van der Waals surface area (Å²) in [6, 6.07) is 0.768. The molecule has 3 rings (SSSR count). The Morgan fingerprint density at radius 3 is 2.42 bits per heavy atom. The number of halogens is 3. The Labute approximate surface area is 188 Å². The smallest absolute Gasteiger partial charge is 0.416 e. The van der Waals surface area contributed by atoms with E-state index in [-0.39, 0.29) is 0 Å². The molecule has 1 aliphatic rings. The van der Waals surface area contributed by atoms with E-state index in [2.05, 4.69) is 5.10 Å². The first-order valence-corrected chi connectivity index (χ1v) is 13.0. The van der Waals surface area contributed by atoms with Crippen LogP contribution in [0.1, 0.15) is 42.6 Å². The SMILES string of the molecule is CCS(=O)(=O)c1cc(C(F)(F)F)cc(S(=O)(=O)N(C)C2CCCc3c2cnn3CC(=O)O)c1. The van der Waals surface area contributed by atoms with Gasteiger partial charge in [-0.2, -0.15) is 22.6 Å². The highest BCUT2D eigenvalue weighted by Gasteiger charge is 2.38. The highest BCUT2D eigenvalue weighted by atomic mass is 32.2. The summed E-state index contributed by atoms with van der Waals surface area (Å²) in [5.74, 6) is -1.63. The maximum Gasteiger partial charge on any atom is 0.416 e. The van der Waals surface area contributed by atoms with Crippen molar-refractivity contribution in [2.75, 3.05) is 12.8 Å². The van der Waals surface area contributed by atoms with E-state index in [0.717, 1.165) is 10.4 Å². The van der Waals surface area contributed by atoms with Crippen molar-refractivity contribution in [3.8, 4) is 0 Å². The van der Waals surface area contributed by atoms with Crippen LogP contribution in [0.3, 0.4) is 0 Å². The van der Waals surface area contributed by atoms with Crippen LogP contribution >= 0.6 is 0 Å². The topological polar surface area (TPSA) is 127 Å². The molecule has 0 saturated carbocycles. The average Bonchev–Trinajstić information content (AvgIpc) is 3.14. The van der Waals surface area contributed by atoms with Crippen molar-refractivity contribution in [3.63, 3.8) is 0 Å². The first-order valence-electron chi connectivity index (χ1n) is 9.88.